The van der Waals surface area contributed by atoms with E-state index >= 15 is 0 Å². The van der Waals surface area contributed by atoms with Crippen LogP contribution in [0.25, 0.3) is 22.6 Å². The molecule has 1 aromatic carbocycles. The van der Waals surface area contributed by atoms with Gasteiger partial charge < -0.3 is 5.32 Å². The van der Waals surface area contributed by atoms with Crippen LogP contribution >= 0.6 is 34.2 Å². The van der Waals surface area contributed by atoms with E-state index in [1.54, 1.807) is 17.1 Å². The van der Waals surface area contributed by atoms with Gasteiger partial charge in [0.1, 0.15) is 17.2 Å². The first-order valence-electron chi connectivity index (χ1n) is 9.54. The van der Waals surface area contributed by atoms with Gasteiger partial charge in [0.25, 0.3) is 0 Å². The number of nitrogens with zero attached hydrogens (tertiary/aromatic N) is 5. The van der Waals surface area contributed by atoms with Gasteiger partial charge in [-0.15, -0.1) is 6.58 Å². The first kappa shape index (κ1) is 20.0. The highest BCUT2D eigenvalue weighted by Crippen LogP contribution is 2.42. The van der Waals surface area contributed by atoms with Crippen LogP contribution in [0.2, 0.25) is 5.15 Å². The molecule has 0 spiro atoms. The second-order valence-corrected chi connectivity index (χ2v) is 8.58. The summed E-state index contributed by atoms with van der Waals surface area (Å²) in [5, 5.41) is 15.4. The number of hydrogen-bond donors (Lipinski definition) is 2. The smallest absolute Gasteiger partial charge is 0.150 e. The summed E-state index contributed by atoms with van der Waals surface area (Å²) in [6.45, 7) is 3.89. The molecule has 1 aliphatic rings. The first-order valence-corrected chi connectivity index (χ1v) is 11.0. The monoisotopic (exact) mass is 541 g/mol. The zero-order chi connectivity index (χ0) is 21.5. The average molecular weight is 542 g/mol. The van der Waals surface area contributed by atoms with E-state index < -0.39 is 0 Å². The number of allylic oxidation sites excluding steroid dienone is 1. The van der Waals surface area contributed by atoms with Crippen molar-refractivity contribution < 1.29 is 0 Å². The van der Waals surface area contributed by atoms with E-state index in [1.165, 1.54) is 0 Å². The summed E-state index contributed by atoms with van der Waals surface area (Å²) in [7, 11) is 1.89. The van der Waals surface area contributed by atoms with Crippen molar-refractivity contribution in [2.45, 2.75) is 6.42 Å². The van der Waals surface area contributed by atoms with Crippen LogP contribution in [0, 0.1) is 3.57 Å². The quantitative estimate of drug-likeness (QED) is 0.269. The predicted molar refractivity (Wildman–Crippen MR) is 132 cm³/mol. The van der Waals surface area contributed by atoms with Crippen molar-refractivity contribution >= 4 is 51.4 Å². The van der Waals surface area contributed by atoms with Gasteiger partial charge in [0, 0.05) is 27.9 Å². The van der Waals surface area contributed by atoms with E-state index in [9.17, 15) is 0 Å². The number of hydrogen-bond acceptors (Lipinski definition) is 5. The summed E-state index contributed by atoms with van der Waals surface area (Å²) in [5.74, 6) is 0.695. The molecule has 0 saturated heterocycles. The standard InChI is InChI=1S/C22H17ClIN7/c1-3-5-12-6-4-7-14(24)18(12)22-27-16-11-25-15(17-8-9-26-31(17)2)10-13(16)19-20(28-22)21(23)30-29-19/h3-4,6-11H,1,5H2,2H3,(H,27,28)(H,29,30). The SMILES string of the molecule is C=CCc1cccc(I)c1C1=Nc2c(n[nH]c2Cl)-c2cc(-c3ccnn3C)ncc2N1. The highest BCUT2D eigenvalue weighted by molar-refractivity contribution is 14.1. The Labute approximate surface area is 197 Å². The minimum atomic E-state index is 0.386. The zero-order valence-corrected chi connectivity index (χ0v) is 19.4. The molecule has 0 aliphatic carbocycles. The van der Waals surface area contributed by atoms with Crippen molar-refractivity contribution in [2.75, 3.05) is 5.32 Å². The van der Waals surface area contributed by atoms with Crippen molar-refractivity contribution in [3.63, 3.8) is 0 Å². The fraction of sp³-hybridized carbons (Fsp3) is 0.0909. The number of aromatic nitrogens is 5. The maximum atomic E-state index is 6.45. The fourth-order valence-electron chi connectivity index (χ4n) is 3.67. The highest BCUT2D eigenvalue weighted by atomic mass is 127. The number of halogens is 2. The van der Waals surface area contributed by atoms with Crippen molar-refractivity contribution in [1.82, 2.24) is 25.0 Å². The molecule has 0 radical (unpaired) electrons. The second-order valence-electron chi connectivity index (χ2n) is 7.04. The van der Waals surface area contributed by atoms with Gasteiger partial charge in [-0.3, -0.25) is 14.8 Å². The van der Waals surface area contributed by atoms with Crippen LogP contribution < -0.4 is 5.32 Å². The minimum absolute atomic E-state index is 0.386. The van der Waals surface area contributed by atoms with Crippen LogP contribution in [0.4, 0.5) is 11.4 Å². The largest absolute Gasteiger partial charge is 0.338 e. The second kappa shape index (κ2) is 7.93. The molecule has 9 heteroatoms. The van der Waals surface area contributed by atoms with Gasteiger partial charge in [0.05, 0.1) is 23.3 Å². The Morgan fingerprint density at radius 3 is 2.94 bits per heavy atom. The third kappa shape index (κ3) is 3.45. The van der Waals surface area contributed by atoms with E-state index in [-0.39, 0.29) is 0 Å². The molecule has 154 valence electrons. The molecule has 0 amide bonds. The molecule has 0 fully saturated rings. The van der Waals surface area contributed by atoms with Crippen molar-refractivity contribution in [1.29, 1.82) is 0 Å². The number of anilines is 1. The van der Waals surface area contributed by atoms with Gasteiger partial charge in [-0.1, -0.05) is 29.8 Å². The van der Waals surface area contributed by atoms with Gasteiger partial charge in [-0.25, -0.2) is 4.99 Å². The van der Waals surface area contributed by atoms with Gasteiger partial charge in [0.2, 0.25) is 0 Å². The van der Waals surface area contributed by atoms with E-state index in [4.69, 9.17) is 16.6 Å². The van der Waals surface area contributed by atoms with Crippen LogP contribution in [-0.2, 0) is 13.5 Å². The van der Waals surface area contributed by atoms with Gasteiger partial charge in [0.15, 0.2) is 5.15 Å². The lowest BCUT2D eigenvalue weighted by atomic mass is 10.0. The van der Waals surface area contributed by atoms with Crippen LogP contribution in [0.15, 0.2) is 60.4 Å². The molecule has 0 bridgehead atoms. The predicted octanol–water partition coefficient (Wildman–Crippen LogP) is 5.36. The van der Waals surface area contributed by atoms with Crippen LogP contribution in [0.5, 0.6) is 0 Å². The normalized spacial score (nSPS) is 12.4. The van der Waals surface area contributed by atoms with E-state index in [0.717, 1.165) is 43.8 Å². The number of aromatic amines is 1. The van der Waals surface area contributed by atoms with Gasteiger partial charge >= 0.3 is 0 Å². The number of fused-ring (bicyclic) bond motifs is 3. The Morgan fingerprint density at radius 1 is 1.29 bits per heavy atom. The molecule has 1 aliphatic heterocycles. The Hall–Kier alpha value is -2.98. The number of rotatable bonds is 4. The zero-order valence-electron chi connectivity index (χ0n) is 16.5. The summed E-state index contributed by atoms with van der Waals surface area (Å²) >= 11 is 8.78. The summed E-state index contributed by atoms with van der Waals surface area (Å²) in [6.07, 6.45) is 6.16. The van der Waals surface area contributed by atoms with E-state index in [2.05, 4.69) is 66.9 Å². The summed E-state index contributed by atoms with van der Waals surface area (Å²) in [6, 6.07) is 10.1. The third-order valence-corrected chi connectivity index (χ3v) is 6.28. The Morgan fingerprint density at radius 2 is 2.16 bits per heavy atom. The van der Waals surface area contributed by atoms with Crippen LogP contribution in [-0.4, -0.2) is 30.8 Å². The molecule has 0 saturated carbocycles. The lowest BCUT2D eigenvalue weighted by Gasteiger charge is -2.15. The molecule has 4 heterocycles. The molecule has 7 nitrogen and oxygen atoms in total. The van der Waals surface area contributed by atoms with Crippen molar-refractivity contribution in [2.24, 2.45) is 12.0 Å². The molecular formula is C22H17ClIN7. The van der Waals surface area contributed by atoms with Crippen molar-refractivity contribution in [3.8, 4) is 22.6 Å². The number of benzene rings is 1. The molecule has 31 heavy (non-hydrogen) atoms. The van der Waals surface area contributed by atoms with E-state index in [1.807, 2.05) is 31.3 Å². The maximum Gasteiger partial charge on any atom is 0.150 e. The third-order valence-electron chi connectivity index (χ3n) is 5.12. The minimum Gasteiger partial charge on any atom is -0.338 e. The fourth-order valence-corrected chi connectivity index (χ4v) is 4.65. The first-order chi connectivity index (χ1) is 15.1. The van der Waals surface area contributed by atoms with Gasteiger partial charge in [-0.05, 0) is 52.8 Å². The molecule has 3 aromatic heterocycles. The number of pyridine rings is 1. The summed E-state index contributed by atoms with van der Waals surface area (Å²) in [4.78, 5) is 9.55. The Kier molecular flexibility index (Phi) is 5.11. The highest BCUT2D eigenvalue weighted by Gasteiger charge is 2.25. The Bertz CT molecular complexity index is 1350. The molecule has 0 unspecified atom stereocenters. The molecule has 2 N–H and O–H groups in total. The number of aryl methyl sites for hydroxylation is 1. The summed E-state index contributed by atoms with van der Waals surface area (Å²) in [5.41, 5.74) is 6.75. The van der Waals surface area contributed by atoms with E-state index in [0.29, 0.717) is 22.4 Å². The number of H-pyrrole nitrogens is 1. The van der Waals surface area contributed by atoms with Gasteiger partial charge in [-0.2, -0.15) is 10.2 Å². The maximum absolute atomic E-state index is 6.45. The molecule has 0 atom stereocenters. The lowest BCUT2D eigenvalue weighted by molar-refractivity contribution is 0.773. The molecule has 4 aromatic rings. The average Bonchev–Trinajstić information content (AvgIpc) is 3.29. The molecular weight excluding hydrogens is 525 g/mol. The van der Waals surface area contributed by atoms with Crippen LogP contribution in [0.1, 0.15) is 11.1 Å². The topological polar surface area (TPSA) is 83.8 Å². The summed E-state index contributed by atoms with van der Waals surface area (Å²) < 4.78 is 2.86. The Balaban J connectivity index is 1.72. The molecule has 5 rings (SSSR count). The lowest BCUT2D eigenvalue weighted by Crippen LogP contribution is -2.17. The van der Waals surface area contributed by atoms with Crippen LogP contribution in [0.3, 0.4) is 0 Å². The van der Waals surface area contributed by atoms with Crippen molar-refractivity contribution in [3.05, 3.63) is 75.2 Å². The number of nitrogens with one attached hydrogen (secondary N) is 2. The number of aliphatic imine (C=N–C) groups is 1. The number of amidine groups is 1.